The van der Waals surface area contributed by atoms with Crippen molar-refractivity contribution in [2.45, 2.75) is 32.5 Å². The Bertz CT molecular complexity index is 697. The van der Waals surface area contributed by atoms with E-state index in [-0.39, 0.29) is 29.8 Å². The maximum absolute atomic E-state index is 13.0. The first-order valence-corrected chi connectivity index (χ1v) is 7.96. The summed E-state index contributed by atoms with van der Waals surface area (Å²) in [5.74, 6) is -0.577. The minimum Gasteiger partial charge on any atom is -0.350 e. The number of halogens is 3. The zero-order valence-electron chi connectivity index (χ0n) is 13.0. The van der Waals surface area contributed by atoms with Gasteiger partial charge in [0.25, 0.3) is 0 Å². The van der Waals surface area contributed by atoms with E-state index in [0.29, 0.717) is 12.1 Å². The van der Waals surface area contributed by atoms with Gasteiger partial charge in [-0.1, -0.05) is 17.7 Å². The molecule has 1 aliphatic rings. The monoisotopic (exact) mass is 372 g/mol. The van der Waals surface area contributed by atoms with E-state index in [2.05, 4.69) is 15.7 Å². The van der Waals surface area contributed by atoms with Gasteiger partial charge in [-0.3, -0.25) is 9.48 Å². The van der Waals surface area contributed by atoms with Crippen molar-refractivity contribution in [3.05, 3.63) is 52.1 Å². The van der Waals surface area contributed by atoms with Crippen molar-refractivity contribution >= 4 is 29.9 Å². The molecule has 1 aromatic carbocycles. The van der Waals surface area contributed by atoms with Crippen molar-refractivity contribution in [2.24, 2.45) is 0 Å². The largest absolute Gasteiger partial charge is 0.350 e. The maximum Gasteiger partial charge on any atom is 0.224 e. The average molecular weight is 373 g/mol. The van der Waals surface area contributed by atoms with Crippen molar-refractivity contribution in [3.63, 3.8) is 0 Å². The van der Waals surface area contributed by atoms with Gasteiger partial charge in [0, 0.05) is 18.1 Å². The first kappa shape index (κ1) is 18.7. The molecular formula is C16H19Cl2FN4O. The van der Waals surface area contributed by atoms with Crippen LogP contribution in [0.3, 0.4) is 0 Å². The van der Waals surface area contributed by atoms with Crippen molar-refractivity contribution in [1.82, 2.24) is 20.4 Å². The van der Waals surface area contributed by atoms with Gasteiger partial charge >= 0.3 is 0 Å². The summed E-state index contributed by atoms with van der Waals surface area (Å²) in [5, 5.41) is 10.9. The zero-order chi connectivity index (χ0) is 16.2. The van der Waals surface area contributed by atoms with Crippen LogP contribution in [0, 0.1) is 5.82 Å². The molecule has 1 amide bonds. The van der Waals surface area contributed by atoms with E-state index in [1.54, 1.807) is 0 Å². The van der Waals surface area contributed by atoms with Gasteiger partial charge in [0.2, 0.25) is 5.91 Å². The Morgan fingerprint density at radius 2 is 2.25 bits per heavy atom. The smallest absolute Gasteiger partial charge is 0.224 e. The molecule has 0 fully saturated rings. The highest BCUT2D eigenvalue weighted by molar-refractivity contribution is 6.31. The number of carbonyl (C=O) groups is 1. The van der Waals surface area contributed by atoms with Crippen LogP contribution in [-0.4, -0.2) is 22.2 Å². The molecule has 5 nitrogen and oxygen atoms in total. The molecule has 3 rings (SSSR count). The minimum atomic E-state index is -0.410. The van der Waals surface area contributed by atoms with E-state index in [9.17, 15) is 9.18 Å². The molecule has 2 N–H and O–H groups in total. The molecule has 130 valence electrons. The molecule has 2 aromatic rings. The standard InChI is InChI=1S/C16H18ClFN4O.ClH/c17-15-7-12(18)3-2-11(15)6-16(23)20-9-13-8-14-10-19-4-1-5-22(14)21-13;/h2-3,7-8,19H,1,4-6,9-10H2,(H,20,23);1H. The molecule has 0 saturated carbocycles. The number of nitrogens with one attached hydrogen (secondary N) is 2. The third-order valence-corrected chi connectivity index (χ3v) is 4.13. The van der Waals surface area contributed by atoms with Gasteiger partial charge in [0.1, 0.15) is 5.82 Å². The van der Waals surface area contributed by atoms with Gasteiger partial charge in [-0.2, -0.15) is 5.10 Å². The Morgan fingerprint density at radius 1 is 1.42 bits per heavy atom. The molecule has 0 aliphatic carbocycles. The van der Waals surface area contributed by atoms with Crippen LogP contribution in [0.2, 0.25) is 5.02 Å². The number of carbonyl (C=O) groups excluding carboxylic acids is 1. The fourth-order valence-electron chi connectivity index (χ4n) is 2.60. The highest BCUT2D eigenvalue weighted by Crippen LogP contribution is 2.17. The van der Waals surface area contributed by atoms with E-state index in [4.69, 9.17) is 11.6 Å². The molecule has 0 saturated heterocycles. The highest BCUT2D eigenvalue weighted by atomic mass is 35.5. The maximum atomic E-state index is 13.0. The van der Waals surface area contributed by atoms with Crippen LogP contribution in [0.4, 0.5) is 4.39 Å². The van der Waals surface area contributed by atoms with E-state index in [1.807, 2.05) is 10.7 Å². The topological polar surface area (TPSA) is 59.0 Å². The molecule has 0 bridgehead atoms. The SMILES string of the molecule is Cl.O=C(Cc1ccc(F)cc1Cl)NCc1cc2n(n1)CCCNC2. The summed E-state index contributed by atoms with van der Waals surface area (Å²) in [5.41, 5.74) is 2.57. The predicted molar refractivity (Wildman–Crippen MR) is 92.8 cm³/mol. The van der Waals surface area contributed by atoms with Crippen LogP contribution in [0.15, 0.2) is 24.3 Å². The Kier molecular flexibility index (Phi) is 6.60. The van der Waals surface area contributed by atoms with Crippen molar-refractivity contribution in [2.75, 3.05) is 6.54 Å². The Hall–Kier alpha value is -1.63. The number of hydrogen-bond acceptors (Lipinski definition) is 3. The Labute approximate surface area is 151 Å². The number of rotatable bonds is 4. The number of aromatic nitrogens is 2. The van der Waals surface area contributed by atoms with Crippen LogP contribution in [0.25, 0.3) is 0 Å². The van der Waals surface area contributed by atoms with Crippen LogP contribution in [-0.2, 0) is 30.8 Å². The first-order chi connectivity index (χ1) is 11.1. The average Bonchev–Trinajstić information content (AvgIpc) is 2.78. The molecule has 0 unspecified atom stereocenters. The van der Waals surface area contributed by atoms with Crippen molar-refractivity contribution < 1.29 is 9.18 Å². The lowest BCUT2D eigenvalue weighted by atomic mass is 10.1. The summed E-state index contributed by atoms with van der Waals surface area (Å²) < 4.78 is 15.0. The lowest BCUT2D eigenvalue weighted by Crippen LogP contribution is -2.25. The quantitative estimate of drug-likeness (QED) is 0.866. The van der Waals surface area contributed by atoms with Crippen LogP contribution < -0.4 is 10.6 Å². The van der Waals surface area contributed by atoms with Gasteiger partial charge in [0.15, 0.2) is 0 Å². The van der Waals surface area contributed by atoms with E-state index in [1.165, 1.54) is 18.2 Å². The number of amides is 1. The predicted octanol–water partition coefficient (Wildman–Crippen LogP) is 2.45. The molecular weight excluding hydrogens is 354 g/mol. The third kappa shape index (κ3) is 4.69. The molecule has 24 heavy (non-hydrogen) atoms. The fourth-order valence-corrected chi connectivity index (χ4v) is 2.83. The van der Waals surface area contributed by atoms with Crippen molar-refractivity contribution in [1.29, 1.82) is 0 Å². The van der Waals surface area contributed by atoms with Gasteiger partial charge in [-0.25, -0.2) is 4.39 Å². The molecule has 0 radical (unpaired) electrons. The molecule has 0 spiro atoms. The first-order valence-electron chi connectivity index (χ1n) is 7.59. The summed E-state index contributed by atoms with van der Waals surface area (Å²) in [4.78, 5) is 12.0. The molecule has 2 heterocycles. The number of fused-ring (bicyclic) bond motifs is 1. The molecule has 0 atom stereocenters. The Balaban J connectivity index is 0.00000208. The van der Waals surface area contributed by atoms with Crippen LogP contribution in [0.1, 0.15) is 23.4 Å². The van der Waals surface area contributed by atoms with Gasteiger partial charge in [0.05, 0.1) is 24.4 Å². The van der Waals surface area contributed by atoms with Gasteiger partial charge in [-0.05, 0) is 36.7 Å². The zero-order valence-corrected chi connectivity index (χ0v) is 14.6. The van der Waals surface area contributed by atoms with Gasteiger partial charge < -0.3 is 10.6 Å². The fraction of sp³-hybridized carbons (Fsp3) is 0.375. The number of hydrogen-bond donors (Lipinski definition) is 2. The summed E-state index contributed by atoms with van der Waals surface area (Å²) in [6.45, 7) is 3.05. The second-order valence-corrected chi connectivity index (χ2v) is 5.98. The van der Waals surface area contributed by atoms with Crippen LogP contribution in [0.5, 0.6) is 0 Å². The molecule has 1 aromatic heterocycles. The lowest BCUT2D eigenvalue weighted by Gasteiger charge is -2.05. The molecule has 1 aliphatic heterocycles. The Morgan fingerprint density at radius 3 is 3.04 bits per heavy atom. The summed E-state index contributed by atoms with van der Waals surface area (Å²) >= 11 is 5.93. The third-order valence-electron chi connectivity index (χ3n) is 3.78. The second kappa shape index (κ2) is 8.46. The number of benzene rings is 1. The van der Waals surface area contributed by atoms with E-state index >= 15 is 0 Å². The summed E-state index contributed by atoms with van der Waals surface area (Å²) in [7, 11) is 0. The second-order valence-electron chi connectivity index (χ2n) is 5.57. The minimum absolute atomic E-state index is 0. The normalized spacial score (nSPS) is 13.6. The summed E-state index contributed by atoms with van der Waals surface area (Å²) in [6.07, 6.45) is 1.16. The highest BCUT2D eigenvalue weighted by Gasteiger charge is 2.12. The molecule has 8 heteroatoms. The van der Waals surface area contributed by atoms with E-state index in [0.717, 1.165) is 37.4 Å². The summed E-state index contributed by atoms with van der Waals surface area (Å²) in [6, 6.07) is 6.04. The number of aryl methyl sites for hydroxylation is 1. The van der Waals surface area contributed by atoms with Gasteiger partial charge in [-0.15, -0.1) is 12.4 Å². The lowest BCUT2D eigenvalue weighted by molar-refractivity contribution is -0.120. The number of nitrogens with zero attached hydrogens (tertiary/aromatic N) is 2. The van der Waals surface area contributed by atoms with Crippen molar-refractivity contribution in [3.8, 4) is 0 Å². The van der Waals surface area contributed by atoms with E-state index < -0.39 is 5.82 Å². The van der Waals surface area contributed by atoms with Crippen LogP contribution >= 0.6 is 24.0 Å².